The molecule has 1 saturated carbocycles. The van der Waals surface area contributed by atoms with Gasteiger partial charge in [-0.1, -0.05) is 24.2 Å². The van der Waals surface area contributed by atoms with Gasteiger partial charge in [-0.15, -0.1) is 5.10 Å². The van der Waals surface area contributed by atoms with Crippen molar-refractivity contribution >= 4 is 27.3 Å². The summed E-state index contributed by atoms with van der Waals surface area (Å²) in [6, 6.07) is 6.60. The Labute approximate surface area is 184 Å². The van der Waals surface area contributed by atoms with Crippen molar-refractivity contribution in [2.24, 2.45) is 0 Å². The van der Waals surface area contributed by atoms with Crippen molar-refractivity contribution in [2.75, 3.05) is 31.1 Å². The lowest BCUT2D eigenvalue weighted by Crippen LogP contribution is -2.54. The highest BCUT2D eigenvalue weighted by Gasteiger charge is 2.28. The number of fused-ring (bicyclic) bond motifs is 1. The number of nitrogens with zero attached hydrogens (tertiary/aromatic N) is 5. The van der Waals surface area contributed by atoms with E-state index in [0.717, 1.165) is 60.4 Å². The van der Waals surface area contributed by atoms with Crippen LogP contribution in [0.5, 0.6) is 0 Å². The first kappa shape index (κ1) is 20.4. The van der Waals surface area contributed by atoms with E-state index in [1.165, 1.54) is 25.0 Å². The number of carbonyl (C=O) groups excluding carboxylic acids is 1. The van der Waals surface area contributed by atoms with Gasteiger partial charge < -0.3 is 10.2 Å². The molecule has 2 aliphatic rings. The number of nitrogens with one attached hydrogen (secondary N) is 1. The number of piperazine rings is 1. The van der Waals surface area contributed by atoms with Crippen LogP contribution in [0.2, 0.25) is 0 Å². The van der Waals surface area contributed by atoms with Gasteiger partial charge in [0, 0.05) is 37.8 Å². The van der Waals surface area contributed by atoms with Crippen LogP contribution in [0.15, 0.2) is 30.5 Å². The van der Waals surface area contributed by atoms with Crippen molar-refractivity contribution in [3.63, 3.8) is 0 Å². The lowest BCUT2D eigenvalue weighted by atomic mass is 10.2. The van der Waals surface area contributed by atoms with Crippen molar-refractivity contribution in [1.29, 1.82) is 0 Å². The molecule has 3 aromatic rings. The number of anilines is 1. The maximum absolute atomic E-state index is 13.2. The Hall–Kier alpha value is -2.52. The summed E-state index contributed by atoms with van der Waals surface area (Å²) in [6.45, 7) is 5.35. The Morgan fingerprint density at radius 2 is 1.87 bits per heavy atom. The summed E-state index contributed by atoms with van der Waals surface area (Å²) < 4.78 is 14.9. The molecule has 9 heteroatoms. The van der Waals surface area contributed by atoms with E-state index in [9.17, 15) is 9.18 Å². The van der Waals surface area contributed by atoms with Crippen LogP contribution >= 0.6 is 11.3 Å². The molecule has 0 radical (unpaired) electrons. The zero-order valence-electron chi connectivity index (χ0n) is 17.6. The van der Waals surface area contributed by atoms with Crippen LogP contribution in [0.3, 0.4) is 0 Å². The second-order valence-electron chi connectivity index (χ2n) is 8.43. The molecule has 2 aromatic heterocycles. The number of carbonyl (C=O) groups is 1. The van der Waals surface area contributed by atoms with Gasteiger partial charge >= 0.3 is 0 Å². The summed E-state index contributed by atoms with van der Waals surface area (Å²) in [7, 11) is 0. The lowest BCUT2D eigenvalue weighted by Gasteiger charge is -2.37. The van der Waals surface area contributed by atoms with Gasteiger partial charge in [0.05, 0.1) is 17.9 Å². The zero-order chi connectivity index (χ0) is 21.4. The molecule has 1 saturated heterocycles. The third kappa shape index (κ3) is 4.29. The van der Waals surface area contributed by atoms with Gasteiger partial charge in [-0.25, -0.2) is 13.9 Å². The van der Waals surface area contributed by atoms with Crippen molar-refractivity contribution in [1.82, 2.24) is 24.8 Å². The van der Waals surface area contributed by atoms with Gasteiger partial charge in [0.15, 0.2) is 0 Å². The number of aromatic nitrogens is 3. The molecule has 31 heavy (non-hydrogen) atoms. The highest BCUT2D eigenvalue weighted by molar-refractivity contribution is 7.20. The molecule has 1 aliphatic heterocycles. The minimum Gasteiger partial charge on any atom is -0.352 e. The fourth-order valence-corrected chi connectivity index (χ4v) is 5.37. The fourth-order valence-electron chi connectivity index (χ4n) is 4.44. The average Bonchev–Trinajstić information content (AvgIpc) is 3.51. The minimum absolute atomic E-state index is 0.102. The first-order chi connectivity index (χ1) is 15.1. The summed E-state index contributed by atoms with van der Waals surface area (Å²) in [5.41, 5.74) is 1.66. The van der Waals surface area contributed by atoms with E-state index in [0.29, 0.717) is 6.04 Å². The quantitative estimate of drug-likeness (QED) is 0.658. The van der Waals surface area contributed by atoms with E-state index in [4.69, 9.17) is 5.10 Å². The number of halogens is 1. The standard InChI is InChI=1S/C22H27FN6OS/c1-15(20(30)24-18-4-2-3-5-18)27-10-12-28(13-11-27)22-26-29-14-19(25-21(29)31-22)16-6-8-17(23)9-7-16/h6-9,14-15,18H,2-5,10-13H2,1H3,(H,24,30). The number of benzene rings is 1. The van der Waals surface area contributed by atoms with E-state index in [-0.39, 0.29) is 17.8 Å². The molecule has 1 aromatic carbocycles. The molecule has 0 bridgehead atoms. The van der Waals surface area contributed by atoms with Gasteiger partial charge in [-0.05, 0) is 44.0 Å². The molecule has 2 fully saturated rings. The average molecular weight is 443 g/mol. The smallest absolute Gasteiger partial charge is 0.237 e. The molecular weight excluding hydrogens is 415 g/mol. The number of rotatable bonds is 5. The van der Waals surface area contributed by atoms with E-state index in [2.05, 4.69) is 20.1 Å². The van der Waals surface area contributed by atoms with Gasteiger partial charge in [0.2, 0.25) is 16.0 Å². The molecule has 7 nitrogen and oxygen atoms in total. The monoisotopic (exact) mass is 442 g/mol. The van der Waals surface area contributed by atoms with Crippen molar-refractivity contribution in [2.45, 2.75) is 44.7 Å². The van der Waals surface area contributed by atoms with E-state index in [1.54, 1.807) is 28.0 Å². The topological polar surface area (TPSA) is 65.8 Å². The maximum Gasteiger partial charge on any atom is 0.237 e. The number of amides is 1. The fraction of sp³-hybridized carbons (Fsp3) is 0.500. The second kappa shape index (κ2) is 8.55. The highest BCUT2D eigenvalue weighted by Crippen LogP contribution is 2.27. The normalized spacial score (nSPS) is 19.2. The van der Waals surface area contributed by atoms with Crippen LogP contribution in [-0.4, -0.2) is 63.7 Å². The Balaban J connectivity index is 1.19. The van der Waals surface area contributed by atoms with E-state index < -0.39 is 0 Å². The first-order valence-electron chi connectivity index (χ1n) is 11.0. The molecule has 1 amide bonds. The second-order valence-corrected chi connectivity index (χ2v) is 9.37. The summed E-state index contributed by atoms with van der Waals surface area (Å²) in [4.78, 5) is 22.6. The van der Waals surface area contributed by atoms with Gasteiger partial charge in [-0.2, -0.15) is 0 Å². The Kier molecular flexibility index (Phi) is 5.62. The summed E-state index contributed by atoms with van der Waals surface area (Å²) in [5, 5.41) is 8.86. The Morgan fingerprint density at radius 1 is 1.16 bits per heavy atom. The van der Waals surface area contributed by atoms with Crippen LogP contribution < -0.4 is 10.2 Å². The number of hydrogen-bond acceptors (Lipinski definition) is 6. The molecule has 1 aliphatic carbocycles. The Bertz CT molecular complexity index is 1020. The third-order valence-corrected chi connectivity index (χ3v) is 7.37. The van der Waals surface area contributed by atoms with Gasteiger partial charge in [0.25, 0.3) is 0 Å². The van der Waals surface area contributed by atoms with E-state index in [1.807, 2.05) is 13.1 Å². The Morgan fingerprint density at radius 3 is 2.55 bits per heavy atom. The molecule has 5 rings (SSSR count). The molecule has 3 heterocycles. The lowest BCUT2D eigenvalue weighted by molar-refractivity contribution is -0.126. The highest BCUT2D eigenvalue weighted by atomic mass is 32.1. The first-order valence-corrected chi connectivity index (χ1v) is 11.8. The van der Waals surface area contributed by atoms with Crippen molar-refractivity contribution in [3.05, 3.63) is 36.3 Å². The number of imidazole rings is 1. The predicted octanol–water partition coefficient (Wildman–Crippen LogP) is 3.17. The summed E-state index contributed by atoms with van der Waals surface area (Å²) in [5.74, 6) is -0.101. The molecule has 1 unspecified atom stereocenters. The van der Waals surface area contributed by atoms with Crippen LogP contribution in [-0.2, 0) is 4.79 Å². The number of hydrogen-bond donors (Lipinski definition) is 1. The van der Waals surface area contributed by atoms with E-state index >= 15 is 0 Å². The van der Waals surface area contributed by atoms with Crippen molar-refractivity contribution in [3.8, 4) is 11.3 Å². The third-order valence-electron chi connectivity index (χ3n) is 6.39. The van der Waals surface area contributed by atoms with Crippen LogP contribution in [0.4, 0.5) is 9.52 Å². The minimum atomic E-state index is -0.255. The maximum atomic E-state index is 13.2. The van der Waals surface area contributed by atoms with Crippen LogP contribution in [0.25, 0.3) is 16.2 Å². The molecule has 1 N–H and O–H groups in total. The summed E-state index contributed by atoms with van der Waals surface area (Å²) >= 11 is 1.55. The van der Waals surface area contributed by atoms with Gasteiger partial charge in [0.1, 0.15) is 5.82 Å². The van der Waals surface area contributed by atoms with Crippen molar-refractivity contribution < 1.29 is 9.18 Å². The zero-order valence-corrected chi connectivity index (χ0v) is 18.4. The molecular formula is C22H27FN6OS. The largest absolute Gasteiger partial charge is 0.352 e. The van der Waals surface area contributed by atoms with Crippen LogP contribution in [0.1, 0.15) is 32.6 Å². The summed E-state index contributed by atoms with van der Waals surface area (Å²) in [6.07, 6.45) is 6.55. The van der Waals surface area contributed by atoms with Gasteiger partial charge in [-0.3, -0.25) is 9.69 Å². The molecule has 164 valence electrons. The van der Waals surface area contributed by atoms with Crippen LogP contribution in [0, 0.1) is 5.82 Å². The molecule has 0 spiro atoms. The molecule has 1 atom stereocenters. The predicted molar refractivity (Wildman–Crippen MR) is 120 cm³/mol. The SMILES string of the molecule is CC(C(=O)NC1CCCC1)N1CCN(c2nn3cc(-c4ccc(F)cc4)nc3s2)CC1.